The van der Waals surface area contributed by atoms with Crippen molar-refractivity contribution in [2.24, 2.45) is 0 Å². The maximum atomic E-state index is 12.2. The Morgan fingerprint density at radius 1 is 1.17 bits per heavy atom. The second kappa shape index (κ2) is 7.59. The zero-order valence-corrected chi connectivity index (χ0v) is 16.9. The van der Waals surface area contributed by atoms with Crippen molar-refractivity contribution >= 4 is 16.9 Å². The Balaban J connectivity index is 1.61. The van der Waals surface area contributed by atoms with Gasteiger partial charge >= 0.3 is 5.97 Å². The molecule has 0 bridgehead atoms. The number of phenolic OH excluding ortho intramolecular Hbond substituents is 1. The molecule has 156 valence electrons. The van der Waals surface area contributed by atoms with E-state index < -0.39 is 17.6 Å². The molecule has 2 aromatic carbocycles. The lowest BCUT2D eigenvalue weighted by atomic mass is 9.97. The summed E-state index contributed by atoms with van der Waals surface area (Å²) in [5.74, 6) is -0.906. The monoisotopic (exact) mass is 408 g/mol. The fraction of sp³-hybridized carbons (Fsp3) is 0.304. The van der Waals surface area contributed by atoms with Crippen molar-refractivity contribution in [1.29, 1.82) is 0 Å². The quantitative estimate of drug-likeness (QED) is 0.596. The largest absolute Gasteiger partial charge is 0.506 e. The predicted octanol–water partition coefficient (Wildman–Crippen LogP) is 1.86. The first kappa shape index (κ1) is 20.1. The standard InChI is InChI=1S/C23H24N2O5/c1-14(26)30-25-21(29)10-8-18-17(7-9-19(27)22(18)25)20(28)13-24-23(2)11-15-5-3-4-6-16(15)12-23/h3-10,20,24,27-28H,11-13H2,1-2H3/t20-/m0/s1. The molecule has 1 atom stereocenters. The lowest BCUT2D eigenvalue weighted by Gasteiger charge is -2.27. The molecule has 7 nitrogen and oxygen atoms in total. The predicted molar refractivity (Wildman–Crippen MR) is 112 cm³/mol. The van der Waals surface area contributed by atoms with E-state index >= 15 is 0 Å². The number of aromatic nitrogens is 1. The third kappa shape index (κ3) is 3.69. The van der Waals surface area contributed by atoms with Crippen LogP contribution in [0.1, 0.15) is 36.6 Å². The van der Waals surface area contributed by atoms with E-state index in [1.807, 2.05) is 12.1 Å². The number of aromatic hydroxyl groups is 1. The van der Waals surface area contributed by atoms with Crippen molar-refractivity contribution in [2.75, 3.05) is 6.54 Å². The van der Waals surface area contributed by atoms with E-state index in [4.69, 9.17) is 4.84 Å². The molecule has 7 heteroatoms. The molecule has 0 saturated heterocycles. The number of hydrogen-bond donors (Lipinski definition) is 3. The average molecular weight is 408 g/mol. The topological polar surface area (TPSA) is 101 Å². The Morgan fingerprint density at radius 3 is 2.47 bits per heavy atom. The molecule has 3 aromatic rings. The van der Waals surface area contributed by atoms with Crippen molar-refractivity contribution in [3.63, 3.8) is 0 Å². The van der Waals surface area contributed by atoms with Crippen LogP contribution >= 0.6 is 0 Å². The molecule has 4 rings (SSSR count). The normalized spacial score (nSPS) is 15.7. The molecular weight excluding hydrogens is 384 g/mol. The van der Waals surface area contributed by atoms with Gasteiger partial charge in [0.05, 0.1) is 6.10 Å². The van der Waals surface area contributed by atoms with Gasteiger partial charge in [-0.1, -0.05) is 30.3 Å². The summed E-state index contributed by atoms with van der Waals surface area (Å²) in [5.41, 5.74) is 2.43. The van der Waals surface area contributed by atoms with Gasteiger partial charge in [-0.3, -0.25) is 4.79 Å². The third-order valence-electron chi connectivity index (χ3n) is 5.61. The van der Waals surface area contributed by atoms with Gasteiger partial charge in [0, 0.05) is 30.5 Å². The van der Waals surface area contributed by atoms with Crippen LogP contribution in [0.25, 0.3) is 10.9 Å². The van der Waals surface area contributed by atoms with E-state index in [1.165, 1.54) is 36.2 Å². The molecule has 1 aromatic heterocycles. The van der Waals surface area contributed by atoms with E-state index in [0.29, 0.717) is 10.9 Å². The smallest absolute Gasteiger partial charge is 0.330 e. The second-order valence-electron chi connectivity index (χ2n) is 8.06. The number of phenols is 1. The fourth-order valence-electron chi connectivity index (χ4n) is 4.23. The summed E-state index contributed by atoms with van der Waals surface area (Å²) in [5, 5.41) is 25.1. The van der Waals surface area contributed by atoms with Gasteiger partial charge in [-0.2, -0.15) is 0 Å². The number of benzene rings is 2. The number of carbonyl (C=O) groups is 1. The van der Waals surface area contributed by atoms with Gasteiger partial charge in [0.25, 0.3) is 5.56 Å². The summed E-state index contributed by atoms with van der Waals surface area (Å²) >= 11 is 0. The third-order valence-corrected chi connectivity index (χ3v) is 5.61. The molecule has 0 aliphatic heterocycles. The number of rotatable bonds is 5. The number of pyridine rings is 1. The lowest BCUT2D eigenvalue weighted by molar-refractivity contribution is -0.141. The number of carbonyl (C=O) groups excluding carboxylic acids is 1. The van der Waals surface area contributed by atoms with Crippen LogP contribution in [-0.4, -0.2) is 33.0 Å². The molecule has 0 saturated carbocycles. The second-order valence-corrected chi connectivity index (χ2v) is 8.06. The van der Waals surface area contributed by atoms with E-state index in [2.05, 4.69) is 24.4 Å². The van der Waals surface area contributed by atoms with Crippen molar-refractivity contribution < 1.29 is 19.8 Å². The molecule has 1 heterocycles. The van der Waals surface area contributed by atoms with Gasteiger partial charge in [-0.05, 0) is 48.6 Å². The van der Waals surface area contributed by atoms with Crippen LogP contribution in [-0.2, 0) is 17.6 Å². The van der Waals surface area contributed by atoms with Crippen LogP contribution in [0.4, 0.5) is 0 Å². The maximum absolute atomic E-state index is 12.2. The van der Waals surface area contributed by atoms with E-state index in [9.17, 15) is 19.8 Å². The minimum atomic E-state index is -0.892. The zero-order valence-electron chi connectivity index (χ0n) is 16.9. The van der Waals surface area contributed by atoms with Crippen molar-refractivity contribution in [3.05, 3.63) is 75.6 Å². The lowest BCUT2D eigenvalue weighted by Crippen LogP contribution is -2.45. The SMILES string of the molecule is CC(=O)On1c(=O)ccc2c([C@@H](O)CNC3(C)Cc4ccccc4C3)ccc(O)c21. The number of aliphatic hydroxyl groups is 1. The highest BCUT2D eigenvalue weighted by molar-refractivity contribution is 5.88. The summed E-state index contributed by atoms with van der Waals surface area (Å²) in [4.78, 5) is 28.5. The summed E-state index contributed by atoms with van der Waals surface area (Å²) in [6.45, 7) is 3.59. The molecule has 30 heavy (non-hydrogen) atoms. The Kier molecular flexibility index (Phi) is 5.09. The number of nitrogens with one attached hydrogen (secondary N) is 1. The summed E-state index contributed by atoms with van der Waals surface area (Å²) in [6, 6.07) is 14.1. The molecule has 3 N–H and O–H groups in total. The molecule has 0 fully saturated rings. The first-order valence-corrected chi connectivity index (χ1v) is 9.84. The molecule has 0 spiro atoms. The van der Waals surface area contributed by atoms with Gasteiger partial charge in [0.1, 0.15) is 11.3 Å². The van der Waals surface area contributed by atoms with Crippen LogP contribution in [0.5, 0.6) is 5.75 Å². The summed E-state index contributed by atoms with van der Waals surface area (Å²) in [7, 11) is 0. The first-order chi connectivity index (χ1) is 14.3. The Bertz CT molecular complexity index is 1160. The molecule has 0 unspecified atom stereocenters. The van der Waals surface area contributed by atoms with Crippen LogP contribution in [0.2, 0.25) is 0 Å². The van der Waals surface area contributed by atoms with E-state index in [0.717, 1.165) is 17.6 Å². The average Bonchev–Trinajstić information content (AvgIpc) is 3.04. The Morgan fingerprint density at radius 2 is 1.83 bits per heavy atom. The number of nitrogens with zero attached hydrogens (tertiary/aromatic N) is 1. The van der Waals surface area contributed by atoms with Gasteiger partial charge in [-0.25, -0.2) is 4.79 Å². The highest BCUT2D eigenvalue weighted by Gasteiger charge is 2.32. The van der Waals surface area contributed by atoms with Crippen LogP contribution in [0.15, 0.2) is 53.3 Å². The van der Waals surface area contributed by atoms with Gasteiger partial charge in [0.15, 0.2) is 0 Å². The van der Waals surface area contributed by atoms with Crippen LogP contribution < -0.4 is 15.7 Å². The fourth-order valence-corrected chi connectivity index (χ4v) is 4.23. The minimum absolute atomic E-state index is 0.0498. The summed E-state index contributed by atoms with van der Waals surface area (Å²) < 4.78 is 0.756. The van der Waals surface area contributed by atoms with Gasteiger partial charge in [-0.15, -0.1) is 4.73 Å². The van der Waals surface area contributed by atoms with Crippen LogP contribution in [0.3, 0.4) is 0 Å². The summed E-state index contributed by atoms with van der Waals surface area (Å²) in [6.07, 6.45) is 0.855. The Hall–Kier alpha value is -3.16. The molecule has 1 aliphatic carbocycles. The van der Waals surface area contributed by atoms with Crippen molar-refractivity contribution in [1.82, 2.24) is 10.0 Å². The molecule has 1 aliphatic rings. The first-order valence-electron chi connectivity index (χ1n) is 9.84. The Labute approximate surface area is 173 Å². The number of β-amino-alcohol motifs (C(OH)–C–C–N with tert-alkyl or cyclic N) is 1. The minimum Gasteiger partial charge on any atom is -0.506 e. The highest BCUT2D eigenvalue weighted by Crippen LogP contribution is 2.32. The van der Waals surface area contributed by atoms with Gasteiger partial charge < -0.3 is 20.4 Å². The molecule has 0 radical (unpaired) electrons. The highest BCUT2D eigenvalue weighted by atomic mass is 16.7. The van der Waals surface area contributed by atoms with E-state index in [1.54, 1.807) is 6.07 Å². The van der Waals surface area contributed by atoms with Crippen molar-refractivity contribution in [2.45, 2.75) is 38.3 Å². The molecule has 0 amide bonds. The van der Waals surface area contributed by atoms with Crippen LogP contribution in [0, 0.1) is 0 Å². The number of hydrogen-bond acceptors (Lipinski definition) is 6. The van der Waals surface area contributed by atoms with E-state index in [-0.39, 0.29) is 23.3 Å². The number of aliphatic hydroxyl groups excluding tert-OH is 1. The molecular formula is C23H24N2O5. The van der Waals surface area contributed by atoms with Crippen molar-refractivity contribution in [3.8, 4) is 5.75 Å². The zero-order chi connectivity index (χ0) is 21.5. The number of fused-ring (bicyclic) bond motifs is 2. The maximum Gasteiger partial charge on any atom is 0.330 e. The van der Waals surface area contributed by atoms with Gasteiger partial charge in [0.2, 0.25) is 0 Å².